The minimum atomic E-state index is 0.643. The van der Waals surface area contributed by atoms with Crippen LogP contribution in [0.4, 0.5) is 0 Å². The lowest BCUT2D eigenvalue weighted by Crippen LogP contribution is -1.94. The molecule has 1 heterocycles. The van der Waals surface area contributed by atoms with Crippen molar-refractivity contribution in [3.05, 3.63) is 64.5 Å². The van der Waals surface area contributed by atoms with E-state index < -0.39 is 0 Å². The molecule has 1 nitrogen and oxygen atoms in total. The highest BCUT2D eigenvalue weighted by atomic mass is 32.1. The van der Waals surface area contributed by atoms with E-state index in [0.29, 0.717) is 6.61 Å². The van der Waals surface area contributed by atoms with E-state index in [9.17, 15) is 0 Å². The normalized spacial score (nSPS) is 10.8. The summed E-state index contributed by atoms with van der Waals surface area (Å²) in [5.74, 6) is 0.969. The van der Waals surface area contributed by atoms with Gasteiger partial charge in [0.25, 0.3) is 0 Å². The van der Waals surface area contributed by atoms with Gasteiger partial charge in [0.05, 0.1) is 0 Å². The molecule has 0 amide bonds. The highest BCUT2D eigenvalue weighted by Gasteiger charge is 2.05. The molecule has 0 aliphatic carbocycles. The van der Waals surface area contributed by atoms with Crippen molar-refractivity contribution in [3.63, 3.8) is 0 Å². The summed E-state index contributed by atoms with van der Waals surface area (Å²) < 4.78 is 7.27. The van der Waals surface area contributed by atoms with Crippen molar-refractivity contribution >= 4 is 21.4 Å². The van der Waals surface area contributed by atoms with Gasteiger partial charge in [-0.15, -0.1) is 11.3 Å². The molecule has 3 aromatic rings. The predicted octanol–water partition coefficient (Wildman–Crippen LogP) is 5.10. The maximum absolute atomic E-state index is 5.90. The summed E-state index contributed by atoms with van der Waals surface area (Å²) in [5, 5.41) is 1.31. The molecule has 19 heavy (non-hydrogen) atoms. The van der Waals surface area contributed by atoms with E-state index in [1.165, 1.54) is 26.1 Å². The molecule has 1 aromatic heterocycles. The van der Waals surface area contributed by atoms with Crippen LogP contribution in [0.2, 0.25) is 0 Å². The molecule has 0 saturated carbocycles. The van der Waals surface area contributed by atoms with E-state index in [1.807, 2.05) is 29.5 Å². The molecule has 96 valence electrons. The van der Waals surface area contributed by atoms with Crippen LogP contribution in [-0.2, 0) is 6.61 Å². The Morgan fingerprint density at radius 1 is 0.947 bits per heavy atom. The maximum Gasteiger partial charge on any atom is 0.122 e. The van der Waals surface area contributed by atoms with Crippen molar-refractivity contribution < 1.29 is 4.74 Å². The Morgan fingerprint density at radius 2 is 1.74 bits per heavy atom. The van der Waals surface area contributed by atoms with E-state index in [4.69, 9.17) is 4.74 Å². The summed E-state index contributed by atoms with van der Waals surface area (Å²) in [6.07, 6.45) is 0. The van der Waals surface area contributed by atoms with Crippen molar-refractivity contribution in [1.29, 1.82) is 0 Å². The summed E-state index contributed by atoms with van der Waals surface area (Å²) in [4.78, 5) is 1.27. The minimum absolute atomic E-state index is 0.643. The Kier molecular flexibility index (Phi) is 3.26. The lowest BCUT2D eigenvalue weighted by Gasteiger charge is -2.06. The minimum Gasteiger partial charge on any atom is -0.488 e. The largest absolute Gasteiger partial charge is 0.488 e. The number of benzene rings is 2. The first-order chi connectivity index (χ1) is 9.24. The third-order valence-corrected chi connectivity index (χ3v) is 4.52. The lowest BCUT2D eigenvalue weighted by molar-refractivity contribution is 0.308. The van der Waals surface area contributed by atoms with Gasteiger partial charge in [0.2, 0.25) is 0 Å². The van der Waals surface area contributed by atoms with Gasteiger partial charge in [-0.05, 0) is 42.5 Å². The molecule has 0 fully saturated rings. The van der Waals surface area contributed by atoms with Crippen molar-refractivity contribution in [2.75, 3.05) is 0 Å². The zero-order chi connectivity index (χ0) is 13.2. The fourth-order valence-corrected chi connectivity index (χ4v) is 3.24. The summed E-state index contributed by atoms with van der Waals surface area (Å²) in [5.41, 5.74) is 2.52. The van der Waals surface area contributed by atoms with Crippen LogP contribution < -0.4 is 4.74 Å². The van der Waals surface area contributed by atoms with Crippen LogP contribution in [-0.4, -0.2) is 0 Å². The fraction of sp³-hybridized carbons (Fsp3) is 0.176. The molecule has 0 atom stereocenters. The van der Waals surface area contributed by atoms with Gasteiger partial charge in [-0.3, -0.25) is 0 Å². The molecule has 0 aliphatic heterocycles. The number of fused-ring (bicyclic) bond motifs is 1. The van der Waals surface area contributed by atoms with Crippen LogP contribution in [0, 0.1) is 13.8 Å². The van der Waals surface area contributed by atoms with Crippen molar-refractivity contribution in [2.24, 2.45) is 0 Å². The summed E-state index contributed by atoms with van der Waals surface area (Å²) in [6.45, 7) is 4.87. The van der Waals surface area contributed by atoms with Crippen LogP contribution in [0.25, 0.3) is 10.1 Å². The SMILES string of the molecule is Cc1ccccc1OCc1cc2cccc(C)c2s1. The topological polar surface area (TPSA) is 9.23 Å². The first-order valence-electron chi connectivity index (χ1n) is 6.40. The monoisotopic (exact) mass is 268 g/mol. The van der Waals surface area contributed by atoms with E-state index in [0.717, 1.165) is 5.75 Å². The Bertz CT molecular complexity index is 712. The number of hydrogen-bond acceptors (Lipinski definition) is 2. The van der Waals surface area contributed by atoms with Crippen LogP contribution in [0.3, 0.4) is 0 Å². The smallest absolute Gasteiger partial charge is 0.122 e. The third-order valence-electron chi connectivity index (χ3n) is 3.26. The molecule has 0 aliphatic rings. The van der Waals surface area contributed by atoms with Crippen LogP contribution in [0.15, 0.2) is 48.5 Å². The van der Waals surface area contributed by atoms with Crippen molar-refractivity contribution in [3.8, 4) is 5.75 Å². The molecule has 2 aromatic carbocycles. The number of ether oxygens (including phenoxy) is 1. The Hall–Kier alpha value is -1.80. The Labute approximate surface area is 117 Å². The van der Waals surface area contributed by atoms with E-state index in [2.05, 4.69) is 44.2 Å². The standard InChI is InChI=1S/C17H16OS/c1-12-6-3-4-9-16(12)18-11-15-10-14-8-5-7-13(2)17(14)19-15/h3-10H,11H2,1-2H3. The maximum atomic E-state index is 5.90. The number of aryl methyl sites for hydroxylation is 2. The summed E-state index contributed by atoms with van der Waals surface area (Å²) in [7, 11) is 0. The van der Waals surface area contributed by atoms with E-state index >= 15 is 0 Å². The van der Waals surface area contributed by atoms with Gasteiger partial charge in [0.1, 0.15) is 12.4 Å². The van der Waals surface area contributed by atoms with E-state index in [1.54, 1.807) is 0 Å². The van der Waals surface area contributed by atoms with Crippen LogP contribution >= 0.6 is 11.3 Å². The van der Waals surface area contributed by atoms with Crippen LogP contribution in [0.1, 0.15) is 16.0 Å². The van der Waals surface area contributed by atoms with Gasteiger partial charge in [-0.1, -0.05) is 36.4 Å². The highest BCUT2D eigenvalue weighted by Crippen LogP contribution is 2.29. The number of rotatable bonds is 3. The molecular formula is C17H16OS. The van der Waals surface area contributed by atoms with Gasteiger partial charge < -0.3 is 4.74 Å². The Balaban J connectivity index is 1.83. The molecule has 0 bridgehead atoms. The molecule has 3 rings (SSSR count). The van der Waals surface area contributed by atoms with Crippen LogP contribution in [0.5, 0.6) is 5.75 Å². The highest BCUT2D eigenvalue weighted by molar-refractivity contribution is 7.19. The molecule has 0 radical (unpaired) electrons. The predicted molar refractivity (Wildman–Crippen MR) is 82.1 cm³/mol. The average Bonchev–Trinajstić information content (AvgIpc) is 2.82. The average molecular weight is 268 g/mol. The van der Waals surface area contributed by atoms with Gasteiger partial charge >= 0.3 is 0 Å². The van der Waals surface area contributed by atoms with Gasteiger partial charge in [0, 0.05) is 9.58 Å². The molecular weight excluding hydrogens is 252 g/mol. The van der Waals surface area contributed by atoms with Crippen molar-refractivity contribution in [2.45, 2.75) is 20.5 Å². The number of thiophene rings is 1. The second kappa shape index (κ2) is 5.06. The number of para-hydroxylation sites is 1. The zero-order valence-electron chi connectivity index (χ0n) is 11.1. The third kappa shape index (κ3) is 2.49. The Morgan fingerprint density at radius 3 is 2.53 bits per heavy atom. The lowest BCUT2D eigenvalue weighted by atomic mass is 10.2. The van der Waals surface area contributed by atoms with Gasteiger partial charge in [-0.2, -0.15) is 0 Å². The second-order valence-electron chi connectivity index (χ2n) is 4.76. The quantitative estimate of drug-likeness (QED) is 0.642. The molecule has 0 spiro atoms. The van der Waals surface area contributed by atoms with Gasteiger partial charge in [0.15, 0.2) is 0 Å². The zero-order valence-corrected chi connectivity index (χ0v) is 12.0. The summed E-state index contributed by atoms with van der Waals surface area (Å²) in [6, 6.07) is 16.8. The molecule has 0 saturated heterocycles. The molecule has 0 unspecified atom stereocenters. The van der Waals surface area contributed by atoms with Gasteiger partial charge in [-0.25, -0.2) is 0 Å². The van der Waals surface area contributed by atoms with E-state index in [-0.39, 0.29) is 0 Å². The molecule has 0 N–H and O–H groups in total. The van der Waals surface area contributed by atoms with Crippen molar-refractivity contribution in [1.82, 2.24) is 0 Å². The number of hydrogen-bond donors (Lipinski definition) is 0. The molecule has 2 heteroatoms. The first-order valence-corrected chi connectivity index (χ1v) is 7.22. The first kappa shape index (κ1) is 12.2. The summed E-state index contributed by atoms with van der Waals surface area (Å²) >= 11 is 1.82. The second-order valence-corrected chi connectivity index (χ2v) is 5.90. The fourth-order valence-electron chi connectivity index (χ4n) is 2.20.